The van der Waals surface area contributed by atoms with Gasteiger partial charge in [0.1, 0.15) is 11.3 Å². The van der Waals surface area contributed by atoms with Gasteiger partial charge in [0.15, 0.2) is 11.2 Å². The minimum atomic E-state index is -0.565. The van der Waals surface area contributed by atoms with E-state index in [9.17, 15) is 9.59 Å². The van der Waals surface area contributed by atoms with Gasteiger partial charge >= 0.3 is 0 Å². The van der Waals surface area contributed by atoms with Gasteiger partial charge in [-0.05, 0) is 26.1 Å². The molecule has 0 radical (unpaired) electrons. The minimum absolute atomic E-state index is 0.0881. The maximum Gasteiger partial charge on any atom is 0.292 e. The Morgan fingerprint density at radius 1 is 1.16 bits per heavy atom. The molecule has 2 fully saturated rings. The van der Waals surface area contributed by atoms with Crippen LogP contribution in [-0.2, 0) is 4.74 Å². The maximum absolute atomic E-state index is 13.1. The number of piperidine rings is 1. The molecule has 1 spiro atoms. The first kappa shape index (κ1) is 16.3. The molecule has 0 N–H and O–H groups in total. The molecular formula is C19H22N2O4. The Balaban J connectivity index is 1.70. The molecule has 25 heavy (non-hydrogen) atoms. The van der Waals surface area contributed by atoms with Crippen molar-refractivity contribution in [1.82, 2.24) is 9.80 Å². The first-order chi connectivity index (χ1) is 12.0. The van der Waals surface area contributed by atoms with Crippen LogP contribution in [0.15, 0.2) is 33.5 Å². The Kier molecular flexibility index (Phi) is 3.89. The Hall–Kier alpha value is -2.18. The number of carbonyl (C=O) groups is 1. The normalized spacial score (nSPS) is 20.5. The molecule has 2 aliphatic heterocycles. The van der Waals surface area contributed by atoms with E-state index in [1.807, 2.05) is 13.0 Å². The molecule has 1 aromatic heterocycles. The molecule has 0 saturated carbocycles. The van der Waals surface area contributed by atoms with Crippen LogP contribution < -0.4 is 5.43 Å². The lowest BCUT2D eigenvalue weighted by atomic mass is 9.99. The van der Waals surface area contributed by atoms with Crippen LogP contribution in [0.1, 0.15) is 29.0 Å². The lowest BCUT2D eigenvalue weighted by Crippen LogP contribution is -2.54. The summed E-state index contributed by atoms with van der Waals surface area (Å²) in [5.74, 6) is -0.174. The van der Waals surface area contributed by atoms with Crippen molar-refractivity contribution < 1.29 is 13.9 Å². The number of carbonyl (C=O) groups excluding carboxylic acids is 1. The second kappa shape index (κ2) is 5.97. The fourth-order valence-electron chi connectivity index (χ4n) is 3.79. The fourth-order valence-corrected chi connectivity index (χ4v) is 3.79. The van der Waals surface area contributed by atoms with Crippen molar-refractivity contribution in [2.75, 3.05) is 33.3 Å². The van der Waals surface area contributed by atoms with Crippen LogP contribution in [-0.4, -0.2) is 54.7 Å². The van der Waals surface area contributed by atoms with Gasteiger partial charge in [0.2, 0.25) is 0 Å². The molecule has 1 aromatic carbocycles. The van der Waals surface area contributed by atoms with E-state index >= 15 is 0 Å². The summed E-state index contributed by atoms with van der Waals surface area (Å²) in [5.41, 5.74) is 0.673. The van der Waals surface area contributed by atoms with E-state index in [0.717, 1.165) is 31.5 Å². The Morgan fingerprint density at radius 2 is 1.92 bits per heavy atom. The van der Waals surface area contributed by atoms with Gasteiger partial charge in [-0.2, -0.15) is 0 Å². The molecule has 2 saturated heterocycles. The summed E-state index contributed by atoms with van der Waals surface area (Å²) in [5, 5.41) is 0.503. The van der Waals surface area contributed by atoms with Crippen LogP contribution in [0.3, 0.4) is 0 Å². The molecule has 132 valence electrons. The molecule has 6 nitrogen and oxygen atoms in total. The predicted molar refractivity (Wildman–Crippen MR) is 93.7 cm³/mol. The lowest BCUT2D eigenvalue weighted by molar-refractivity contribution is -0.103. The van der Waals surface area contributed by atoms with Gasteiger partial charge in [-0.1, -0.05) is 11.6 Å². The number of hydrogen-bond acceptors (Lipinski definition) is 5. The lowest BCUT2D eigenvalue weighted by Gasteiger charge is -2.42. The smallest absolute Gasteiger partial charge is 0.292 e. The topological polar surface area (TPSA) is 63.0 Å². The number of hydrogen-bond donors (Lipinski definition) is 0. The molecular weight excluding hydrogens is 320 g/mol. The van der Waals surface area contributed by atoms with E-state index in [-0.39, 0.29) is 17.1 Å². The van der Waals surface area contributed by atoms with Crippen LogP contribution in [0.4, 0.5) is 0 Å². The molecule has 0 unspecified atom stereocenters. The van der Waals surface area contributed by atoms with Crippen molar-refractivity contribution in [3.63, 3.8) is 0 Å². The number of nitrogens with zero attached hydrogens (tertiary/aromatic N) is 2. The third kappa shape index (κ3) is 2.75. The summed E-state index contributed by atoms with van der Waals surface area (Å²) in [7, 11) is 2.07. The molecule has 1 amide bonds. The highest BCUT2D eigenvalue weighted by molar-refractivity contribution is 5.93. The number of likely N-dealkylation sites (tertiary alicyclic amines) is 1. The predicted octanol–water partition coefficient (Wildman–Crippen LogP) is 2.00. The minimum Gasteiger partial charge on any atom is -0.451 e. The summed E-state index contributed by atoms with van der Waals surface area (Å²) >= 11 is 0. The van der Waals surface area contributed by atoms with Gasteiger partial charge in [-0.3, -0.25) is 9.59 Å². The number of amides is 1. The Morgan fingerprint density at radius 3 is 2.68 bits per heavy atom. The first-order valence-electron chi connectivity index (χ1n) is 8.67. The van der Waals surface area contributed by atoms with E-state index in [2.05, 4.69) is 11.9 Å². The van der Waals surface area contributed by atoms with Crippen LogP contribution in [0.5, 0.6) is 0 Å². The van der Waals surface area contributed by atoms with Crippen LogP contribution in [0, 0.1) is 6.92 Å². The first-order valence-corrected chi connectivity index (χ1v) is 8.67. The van der Waals surface area contributed by atoms with Crippen LogP contribution in [0.25, 0.3) is 11.0 Å². The molecule has 2 aromatic rings. The highest BCUT2D eigenvalue weighted by atomic mass is 16.5. The zero-order valence-electron chi connectivity index (χ0n) is 14.6. The van der Waals surface area contributed by atoms with E-state index < -0.39 is 5.72 Å². The Labute approximate surface area is 146 Å². The van der Waals surface area contributed by atoms with E-state index in [0.29, 0.717) is 24.1 Å². The average molecular weight is 342 g/mol. The summed E-state index contributed by atoms with van der Waals surface area (Å²) in [6.07, 6.45) is 1.54. The largest absolute Gasteiger partial charge is 0.451 e. The van der Waals surface area contributed by atoms with Gasteiger partial charge in [-0.15, -0.1) is 0 Å². The maximum atomic E-state index is 13.1. The van der Waals surface area contributed by atoms with Gasteiger partial charge < -0.3 is 19.0 Å². The van der Waals surface area contributed by atoms with Gasteiger partial charge in [0, 0.05) is 38.5 Å². The molecule has 0 atom stereocenters. The molecule has 0 bridgehead atoms. The zero-order valence-corrected chi connectivity index (χ0v) is 14.6. The summed E-state index contributed by atoms with van der Waals surface area (Å²) in [6, 6.07) is 6.71. The molecule has 3 heterocycles. The molecule has 4 rings (SSSR count). The van der Waals surface area contributed by atoms with Gasteiger partial charge in [0.25, 0.3) is 5.91 Å². The zero-order chi connectivity index (χ0) is 17.6. The van der Waals surface area contributed by atoms with Crippen molar-refractivity contribution in [2.45, 2.75) is 25.5 Å². The van der Waals surface area contributed by atoms with E-state index in [1.165, 1.54) is 6.07 Å². The number of ether oxygens (including phenoxy) is 1. The van der Waals surface area contributed by atoms with Crippen molar-refractivity contribution in [2.24, 2.45) is 0 Å². The van der Waals surface area contributed by atoms with E-state index in [1.54, 1.807) is 17.0 Å². The molecule has 6 heteroatoms. The second-order valence-corrected chi connectivity index (χ2v) is 7.03. The summed E-state index contributed by atoms with van der Waals surface area (Å²) in [4.78, 5) is 29.5. The van der Waals surface area contributed by atoms with Crippen LogP contribution >= 0.6 is 0 Å². The van der Waals surface area contributed by atoms with Gasteiger partial charge in [-0.25, -0.2) is 0 Å². The van der Waals surface area contributed by atoms with Crippen molar-refractivity contribution in [3.05, 3.63) is 45.8 Å². The molecule has 0 aliphatic carbocycles. The standard InChI is InChI=1S/C19H22N2O4/c1-13-3-4-16-14(11-13)15(22)12-17(25-16)18(23)21-9-10-24-19(21)5-7-20(2)8-6-19/h3-4,11-12H,5-10H2,1-2H3. The highest BCUT2D eigenvalue weighted by Crippen LogP contribution is 2.35. The van der Waals surface area contributed by atoms with Crippen molar-refractivity contribution in [3.8, 4) is 0 Å². The average Bonchev–Trinajstić information content (AvgIpc) is 3.01. The van der Waals surface area contributed by atoms with Gasteiger partial charge in [0.05, 0.1) is 12.0 Å². The number of rotatable bonds is 1. The summed E-state index contributed by atoms with van der Waals surface area (Å²) < 4.78 is 11.7. The van der Waals surface area contributed by atoms with Crippen molar-refractivity contribution >= 4 is 16.9 Å². The fraction of sp³-hybridized carbons (Fsp3) is 0.474. The quantitative estimate of drug-likeness (QED) is 0.793. The van der Waals surface area contributed by atoms with Crippen molar-refractivity contribution in [1.29, 1.82) is 0 Å². The highest BCUT2D eigenvalue weighted by Gasteiger charge is 2.47. The molecule has 2 aliphatic rings. The SMILES string of the molecule is Cc1ccc2oc(C(=O)N3CCOC34CCN(C)CC4)cc(=O)c2c1. The number of aryl methyl sites for hydroxylation is 1. The number of fused-ring (bicyclic) bond motifs is 1. The monoisotopic (exact) mass is 342 g/mol. The third-order valence-electron chi connectivity index (χ3n) is 5.28. The van der Waals surface area contributed by atoms with E-state index in [4.69, 9.17) is 9.15 Å². The Bertz CT molecular complexity index is 881. The third-order valence-corrected chi connectivity index (χ3v) is 5.28. The van der Waals surface area contributed by atoms with Crippen LogP contribution in [0.2, 0.25) is 0 Å². The second-order valence-electron chi connectivity index (χ2n) is 7.03. The number of benzene rings is 1. The summed E-state index contributed by atoms with van der Waals surface area (Å²) in [6.45, 7) is 4.73.